The minimum Gasteiger partial charge on any atom is -0.386 e. The Morgan fingerprint density at radius 2 is 2.13 bits per heavy atom. The number of halogens is 2. The molecule has 1 unspecified atom stereocenters. The Kier molecular flexibility index (Phi) is 5.26. The Balaban J connectivity index is 1.78. The fourth-order valence-corrected chi connectivity index (χ4v) is 5.31. The molecule has 164 valence electrons. The molecule has 1 fully saturated rings. The number of carbonyl (C=O) groups excluding carboxylic acids is 1. The number of amides is 1. The van der Waals surface area contributed by atoms with E-state index in [0.29, 0.717) is 5.02 Å². The number of aliphatic imine (C=N–C) groups is 1. The van der Waals surface area contributed by atoms with Gasteiger partial charge in [0.1, 0.15) is 17.3 Å². The number of carbonyl (C=O) groups is 1. The van der Waals surface area contributed by atoms with Gasteiger partial charge in [0, 0.05) is 17.4 Å². The summed E-state index contributed by atoms with van der Waals surface area (Å²) in [4.78, 5) is 19.0. The fraction of sp³-hybridized carbons (Fsp3) is 0.350. The van der Waals surface area contributed by atoms with E-state index in [1.807, 2.05) is 0 Å². The Morgan fingerprint density at radius 1 is 1.39 bits per heavy atom. The van der Waals surface area contributed by atoms with Gasteiger partial charge in [-0.25, -0.2) is 9.37 Å². The van der Waals surface area contributed by atoms with Gasteiger partial charge in [0.05, 0.1) is 16.4 Å². The van der Waals surface area contributed by atoms with Gasteiger partial charge in [0.2, 0.25) is 0 Å². The second-order valence-corrected chi connectivity index (χ2v) is 10.2. The largest absolute Gasteiger partial charge is 0.386 e. The van der Waals surface area contributed by atoms with Crippen LogP contribution >= 0.6 is 23.4 Å². The van der Waals surface area contributed by atoms with Crippen molar-refractivity contribution in [3.8, 4) is 0 Å². The van der Waals surface area contributed by atoms with Crippen LogP contribution in [0.1, 0.15) is 29.9 Å². The molecule has 4 rings (SSSR count). The van der Waals surface area contributed by atoms with E-state index in [4.69, 9.17) is 22.1 Å². The molecule has 0 aliphatic carbocycles. The summed E-state index contributed by atoms with van der Waals surface area (Å²) in [5.74, 6) is -1.18. The van der Waals surface area contributed by atoms with Crippen molar-refractivity contribution in [2.24, 2.45) is 10.7 Å². The lowest BCUT2D eigenvalue weighted by Crippen LogP contribution is -2.59. The van der Waals surface area contributed by atoms with Crippen LogP contribution in [0.15, 0.2) is 41.5 Å². The third-order valence-electron chi connectivity index (χ3n) is 5.32. The molecular weight excluding hydrogens is 447 g/mol. The molecule has 3 atom stereocenters. The first kappa shape index (κ1) is 22.0. The van der Waals surface area contributed by atoms with Gasteiger partial charge in [-0.15, -0.1) is 11.8 Å². The lowest BCUT2D eigenvalue weighted by Gasteiger charge is -2.47. The van der Waals surface area contributed by atoms with Gasteiger partial charge in [-0.1, -0.05) is 11.6 Å². The summed E-state index contributed by atoms with van der Waals surface area (Å²) in [5.41, 5.74) is 4.34. The molecule has 5 N–H and O–H groups in total. The van der Waals surface area contributed by atoms with E-state index < -0.39 is 33.2 Å². The third kappa shape index (κ3) is 3.48. The zero-order valence-electron chi connectivity index (χ0n) is 16.6. The Labute approximate surface area is 186 Å². The molecule has 1 aromatic carbocycles. The molecule has 8 nitrogen and oxygen atoms in total. The first-order chi connectivity index (χ1) is 14.5. The van der Waals surface area contributed by atoms with Crippen molar-refractivity contribution < 1.29 is 24.1 Å². The molecule has 1 aromatic heterocycles. The van der Waals surface area contributed by atoms with E-state index in [-0.39, 0.29) is 29.4 Å². The zero-order valence-corrected chi connectivity index (χ0v) is 18.2. The van der Waals surface area contributed by atoms with E-state index in [9.17, 15) is 15.0 Å². The van der Waals surface area contributed by atoms with Gasteiger partial charge in [-0.3, -0.25) is 9.79 Å². The second-order valence-electron chi connectivity index (χ2n) is 7.83. The maximum atomic E-state index is 15.0. The summed E-state index contributed by atoms with van der Waals surface area (Å²) >= 11 is 6.82. The number of anilines is 1. The van der Waals surface area contributed by atoms with Crippen LogP contribution < -0.4 is 11.1 Å². The lowest BCUT2D eigenvalue weighted by atomic mass is 9.84. The quantitative estimate of drug-likeness (QED) is 0.545. The van der Waals surface area contributed by atoms with Crippen molar-refractivity contribution in [1.29, 1.82) is 0 Å². The monoisotopic (exact) mass is 466 g/mol. The van der Waals surface area contributed by atoms with Gasteiger partial charge in [0.25, 0.3) is 5.91 Å². The number of pyridine rings is 1. The Morgan fingerprint density at radius 3 is 2.81 bits per heavy atom. The third-order valence-corrected chi connectivity index (χ3v) is 7.03. The number of benzene rings is 1. The molecular formula is C20H20ClFN4O4S. The highest BCUT2D eigenvalue weighted by Crippen LogP contribution is 2.58. The molecule has 0 saturated carbocycles. The second kappa shape index (κ2) is 7.42. The predicted molar refractivity (Wildman–Crippen MR) is 115 cm³/mol. The first-order valence-corrected chi connectivity index (χ1v) is 10.5. The van der Waals surface area contributed by atoms with Gasteiger partial charge in [0.15, 0.2) is 16.8 Å². The predicted octanol–water partition coefficient (Wildman–Crippen LogP) is 2.24. The summed E-state index contributed by atoms with van der Waals surface area (Å²) in [6.45, 7) is 3.23. The van der Waals surface area contributed by atoms with Crippen molar-refractivity contribution in [1.82, 2.24) is 4.98 Å². The summed E-state index contributed by atoms with van der Waals surface area (Å²) in [6, 6.07) is 6.71. The molecule has 0 bridgehead atoms. The van der Waals surface area contributed by atoms with E-state index in [2.05, 4.69) is 15.3 Å². The van der Waals surface area contributed by atoms with Crippen molar-refractivity contribution in [3.63, 3.8) is 0 Å². The average Bonchev–Trinajstić information content (AvgIpc) is 2.94. The number of thioether (sulfide) groups is 1. The maximum Gasteiger partial charge on any atom is 0.274 e. The van der Waals surface area contributed by atoms with Crippen LogP contribution in [0.25, 0.3) is 0 Å². The fourth-order valence-electron chi connectivity index (χ4n) is 3.67. The number of fused-ring (bicyclic) bond motifs is 1. The number of aromatic nitrogens is 1. The molecule has 1 saturated heterocycles. The van der Waals surface area contributed by atoms with Crippen LogP contribution in [0.2, 0.25) is 5.02 Å². The molecule has 11 heteroatoms. The topological polar surface area (TPSA) is 130 Å². The number of aliphatic hydroxyl groups excluding tert-OH is 1. The molecule has 2 aliphatic rings. The number of ether oxygens (including phenoxy) is 1. The van der Waals surface area contributed by atoms with Gasteiger partial charge in [-0.2, -0.15) is 0 Å². The Hall–Kier alpha value is -2.24. The number of nitrogens with two attached hydrogens (primary N) is 1. The normalized spacial score (nSPS) is 29.2. The van der Waals surface area contributed by atoms with Gasteiger partial charge >= 0.3 is 0 Å². The van der Waals surface area contributed by atoms with E-state index in [1.165, 1.54) is 30.5 Å². The summed E-state index contributed by atoms with van der Waals surface area (Å²) < 4.78 is 19.6. The highest BCUT2D eigenvalue weighted by Gasteiger charge is 2.68. The number of nitrogens with zero attached hydrogens (tertiary/aromatic N) is 2. The van der Waals surface area contributed by atoms with Crippen LogP contribution in [-0.4, -0.2) is 49.5 Å². The summed E-state index contributed by atoms with van der Waals surface area (Å²) in [7, 11) is 0. The smallest absolute Gasteiger partial charge is 0.274 e. The lowest BCUT2D eigenvalue weighted by molar-refractivity contribution is -0.0945. The number of hydrogen-bond donors (Lipinski definition) is 4. The van der Waals surface area contributed by atoms with Crippen LogP contribution in [0.5, 0.6) is 0 Å². The first-order valence-electron chi connectivity index (χ1n) is 9.29. The van der Waals surface area contributed by atoms with Gasteiger partial charge in [-0.05, 0) is 44.2 Å². The highest BCUT2D eigenvalue weighted by atomic mass is 35.5. The molecule has 3 heterocycles. The summed E-state index contributed by atoms with van der Waals surface area (Å²) in [5, 5.41) is 25.0. The highest BCUT2D eigenvalue weighted by molar-refractivity contribution is 8.02. The molecule has 1 amide bonds. The molecule has 31 heavy (non-hydrogen) atoms. The van der Waals surface area contributed by atoms with Crippen molar-refractivity contribution in [2.45, 2.75) is 35.4 Å². The van der Waals surface area contributed by atoms with Crippen molar-refractivity contribution >= 4 is 40.8 Å². The molecule has 0 spiro atoms. The van der Waals surface area contributed by atoms with Crippen LogP contribution in [0.3, 0.4) is 0 Å². The average molecular weight is 467 g/mol. The molecule has 2 aliphatic heterocycles. The Bertz CT molecular complexity index is 1080. The minimum absolute atomic E-state index is 0.103. The molecule has 2 aromatic rings. The van der Waals surface area contributed by atoms with Crippen LogP contribution in [0, 0.1) is 5.82 Å². The number of aliphatic hydroxyl groups is 2. The maximum absolute atomic E-state index is 15.0. The number of hydrogen-bond acceptors (Lipinski definition) is 8. The van der Waals surface area contributed by atoms with Crippen molar-refractivity contribution in [2.75, 3.05) is 11.9 Å². The van der Waals surface area contributed by atoms with Gasteiger partial charge < -0.3 is 26.0 Å². The van der Waals surface area contributed by atoms with Crippen LogP contribution in [-0.2, 0) is 10.3 Å². The van der Waals surface area contributed by atoms with E-state index in [0.717, 1.165) is 17.8 Å². The van der Waals surface area contributed by atoms with Crippen LogP contribution in [0.4, 0.5) is 10.1 Å². The van der Waals surface area contributed by atoms with E-state index >= 15 is 4.39 Å². The SMILES string of the molecule is CC1(C)S[C@@]2(O)COC(O)[C@]2(c2cc(NC(=O)c3ccc(Cl)cn3)ccc2F)N=C1N. The zero-order chi connectivity index (χ0) is 22.6. The number of rotatable bonds is 3. The summed E-state index contributed by atoms with van der Waals surface area (Å²) in [6.07, 6.45) is -0.325. The van der Waals surface area contributed by atoms with E-state index in [1.54, 1.807) is 13.8 Å². The number of amidine groups is 1. The van der Waals surface area contributed by atoms with Crippen molar-refractivity contribution in [3.05, 3.63) is 58.6 Å². The standard InChI is InChI=1S/C20H20ClFN4O4S/c1-18(2)16(23)26-20(17(28)30-9-19(20,29)31-18)12-7-11(4-5-13(12)22)25-15(27)14-6-3-10(21)8-24-14/h3-8,17,28-29H,9H2,1-2H3,(H2,23,26)(H,25,27)/t17?,19-,20-/m0/s1. The molecule has 0 radical (unpaired) electrons. The minimum atomic E-state index is -1.92. The number of nitrogens with one attached hydrogen (secondary N) is 1.